The zero-order valence-corrected chi connectivity index (χ0v) is 11.5. The molecule has 112 valence electrons. The SMILES string of the molecule is CC1CCC(Oc2ccc(CN)c(C(F)(F)F)c2)CC1. The van der Waals surface area contributed by atoms with E-state index in [0.717, 1.165) is 31.7 Å². The van der Waals surface area contributed by atoms with Crippen molar-refractivity contribution in [3.05, 3.63) is 29.3 Å². The summed E-state index contributed by atoms with van der Waals surface area (Å²) in [4.78, 5) is 0. The Morgan fingerprint density at radius 3 is 2.40 bits per heavy atom. The molecule has 0 spiro atoms. The smallest absolute Gasteiger partial charge is 0.416 e. The van der Waals surface area contributed by atoms with Gasteiger partial charge in [0.25, 0.3) is 0 Å². The highest BCUT2D eigenvalue weighted by Crippen LogP contribution is 2.35. The highest BCUT2D eigenvalue weighted by Gasteiger charge is 2.33. The van der Waals surface area contributed by atoms with Gasteiger partial charge in [-0.15, -0.1) is 0 Å². The van der Waals surface area contributed by atoms with Crippen molar-refractivity contribution < 1.29 is 17.9 Å². The quantitative estimate of drug-likeness (QED) is 0.907. The average Bonchev–Trinajstić information content (AvgIpc) is 2.40. The molecule has 0 atom stereocenters. The summed E-state index contributed by atoms with van der Waals surface area (Å²) in [5.41, 5.74) is 4.76. The predicted octanol–water partition coefficient (Wildman–Crippen LogP) is 4.12. The number of benzene rings is 1. The molecule has 0 amide bonds. The van der Waals surface area contributed by atoms with Gasteiger partial charge >= 0.3 is 6.18 Å². The van der Waals surface area contributed by atoms with E-state index in [4.69, 9.17) is 10.5 Å². The minimum atomic E-state index is -4.39. The highest BCUT2D eigenvalue weighted by molar-refractivity contribution is 5.37. The standard InChI is InChI=1S/C15H20F3NO/c1-10-2-5-12(6-3-10)20-13-7-4-11(9-19)14(8-13)15(16,17)18/h4,7-8,10,12H,2-3,5-6,9,19H2,1H3. The van der Waals surface area contributed by atoms with E-state index >= 15 is 0 Å². The number of rotatable bonds is 3. The molecule has 0 aliphatic heterocycles. The Hall–Kier alpha value is -1.23. The van der Waals surface area contributed by atoms with E-state index in [2.05, 4.69) is 6.92 Å². The number of halogens is 3. The maximum atomic E-state index is 12.9. The number of ether oxygens (including phenoxy) is 1. The van der Waals surface area contributed by atoms with Crippen LogP contribution in [0, 0.1) is 5.92 Å². The third-order valence-corrected chi connectivity index (χ3v) is 3.87. The maximum Gasteiger partial charge on any atom is 0.416 e. The Kier molecular flexibility index (Phi) is 4.58. The summed E-state index contributed by atoms with van der Waals surface area (Å²) < 4.78 is 44.5. The second-order valence-corrected chi connectivity index (χ2v) is 5.52. The molecule has 0 bridgehead atoms. The summed E-state index contributed by atoms with van der Waals surface area (Å²) in [6.07, 6.45) is -0.427. The fraction of sp³-hybridized carbons (Fsp3) is 0.600. The summed E-state index contributed by atoms with van der Waals surface area (Å²) in [6.45, 7) is 2.06. The van der Waals surface area contributed by atoms with Gasteiger partial charge in [0.2, 0.25) is 0 Å². The zero-order valence-electron chi connectivity index (χ0n) is 11.5. The summed E-state index contributed by atoms with van der Waals surface area (Å²) in [5.74, 6) is 0.967. The Labute approximate surface area is 117 Å². The van der Waals surface area contributed by atoms with Crippen LogP contribution in [0.25, 0.3) is 0 Å². The highest BCUT2D eigenvalue weighted by atomic mass is 19.4. The van der Waals surface area contributed by atoms with Crippen molar-refractivity contribution in [2.75, 3.05) is 0 Å². The molecule has 1 aromatic carbocycles. The number of nitrogens with two attached hydrogens (primary N) is 1. The van der Waals surface area contributed by atoms with Gasteiger partial charge in [0, 0.05) is 6.54 Å². The van der Waals surface area contributed by atoms with Crippen LogP contribution in [0.3, 0.4) is 0 Å². The minimum Gasteiger partial charge on any atom is -0.490 e. The van der Waals surface area contributed by atoms with Crippen molar-refractivity contribution in [1.29, 1.82) is 0 Å². The Balaban J connectivity index is 2.13. The number of alkyl halides is 3. The first-order valence-electron chi connectivity index (χ1n) is 6.97. The largest absolute Gasteiger partial charge is 0.490 e. The van der Waals surface area contributed by atoms with Gasteiger partial charge in [-0.05, 0) is 49.3 Å². The lowest BCUT2D eigenvalue weighted by Gasteiger charge is -2.27. The lowest BCUT2D eigenvalue weighted by atomic mass is 9.89. The monoisotopic (exact) mass is 287 g/mol. The lowest BCUT2D eigenvalue weighted by molar-refractivity contribution is -0.138. The molecule has 1 saturated carbocycles. The Morgan fingerprint density at radius 2 is 1.85 bits per heavy atom. The van der Waals surface area contributed by atoms with Crippen molar-refractivity contribution in [1.82, 2.24) is 0 Å². The third-order valence-electron chi connectivity index (χ3n) is 3.87. The second-order valence-electron chi connectivity index (χ2n) is 5.52. The summed E-state index contributed by atoms with van der Waals surface area (Å²) >= 11 is 0. The van der Waals surface area contributed by atoms with Crippen molar-refractivity contribution in [2.45, 2.75) is 51.4 Å². The van der Waals surface area contributed by atoms with Crippen LogP contribution in [0.2, 0.25) is 0 Å². The van der Waals surface area contributed by atoms with Crippen molar-refractivity contribution in [3.63, 3.8) is 0 Å². The van der Waals surface area contributed by atoms with E-state index in [1.807, 2.05) is 0 Å². The lowest BCUT2D eigenvalue weighted by Crippen LogP contribution is -2.23. The van der Waals surface area contributed by atoms with Crippen LogP contribution >= 0.6 is 0 Å². The van der Waals surface area contributed by atoms with Gasteiger partial charge in [0.05, 0.1) is 11.7 Å². The first-order valence-corrected chi connectivity index (χ1v) is 6.97. The van der Waals surface area contributed by atoms with Gasteiger partial charge in [0.15, 0.2) is 0 Å². The van der Waals surface area contributed by atoms with Crippen LogP contribution in [0.1, 0.15) is 43.7 Å². The van der Waals surface area contributed by atoms with Gasteiger partial charge in [-0.2, -0.15) is 13.2 Å². The number of hydrogen-bond acceptors (Lipinski definition) is 2. The van der Waals surface area contributed by atoms with Crippen molar-refractivity contribution >= 4 is 0 Å². The second kappa shape index (κ2) is 6.04. The zero-order chi connectivity index (χ0) is 14.8. The van der Waals surface area contributed by atoms with E-state index in [-0.39, 0.29) is 24.0 Å². The number of hydrogen-bond donors (Lipinski definition) is 1. The van der Waals surface area contributed by atoms with E-state index in [1.165, 1.54) is 6.07 Å². The average molecular weight is 287 g/mol. The van der Waals surface area contributed by atoms with Gasteiger partial charge < -0.3 is 10.5 Å². The molecular weight excluding hydrogens is 267 g/mol. The topological polar surface area (TPSA) is 35.2 Å². The van der Waals surface area contributed by atoms with Crippen LogP contribution in [0.15, 0.2) is 18.2 Å². The molecule has 1 aliphatic carbocycles. The first kappa shape index (κ1) is 15.2. The maximum absolute atomic E-state index is 12.9. The molecular formula is C15H20F3NO. The van der Waals surface area contributed by atoms with Crippen LogP contribution in [0.5, 0.6) is 5.75 Å². The molecule has 5 heteroatoms. The van der Waals surface area contributed by atoms with E-state index in [1.54, 1.807) is 6.07 Å². The van der Waals surface area contributed by atoms with E-state index in [0.29, 0.717) is 5.92 Å². The van der Waals surface area contributed by atoms with E-state index < -0.39 is 11.7 Å². The van der Waals surface area contributed by atoms with Gasteiger partial charge in [0.1, 0.15) is 5.75 Å². The first-order chi connectivity index (χ1) is 9.40. The van der Waals surface area contributed by atoms with Gasteiger partial charge in [-0.25, -0.2) is 0 Å². The van der Waals surface area contributed by atoms with Crippen molar-refractivity contribution in [3.8, 4) is 5.75 Å². The normalized spacial score (nSPS) is 23.6. The molecule has 0 unspecified atom stereocenters. The Bertz CT molecular complexity index is 451. The molecule has 2 rings (SSSR count). The van der Waals surface area contributed by atoms with Crippen LogP contribution in [-0.2, 0) is 12.7 Å². The third kappa shape index (κ3) is 3.66. The van der Waals surface area contributed by atoms with Crippen LogP contribution < -0.4 is 10.5 Å². The summed E-state index contributed by atoms with van der Waals surface area (Å²) in [5, 5.41) is 0. The fourth-order valence-corrected chi connectivity index (χ4v) is 2.61. The molecule has 2 nitrogen and oxygen atoms in total. The summed E-state index contributed by atoms with van der Waals surface area (Å²) in [6, 6.07) is 4.05. The van der Waals surface area contributed by atoms with Crippen LogP contribution in [-0.4, -0.2) is 6.10 Å². The molecule has 1 fully saturated rings. The molecule has 1 aromatic rings. The summed E-state index contributed by atoms with van der Waals surface area (Å²) in [7, 11) is 0. The minimum absolute atomic E-state index is 0.0241. The molecule has 0 heterocycles. The van der Waals surface area contributed by atoms with Crippen molar-refractivity contribution in [2.24, 2.45) is 11.7 Å². The van der Waals surface area contributed by atoms with Gasteiger partial charge in [-0.1, -0.05) is 13.0 Å². The van der Waals surface area contributed by atoms with Gasteiger partial charge in [-0.3, -0.25) is 0 Å². The molecule has 2 N–H and O–H groups in total. The fourth-order valence-electron chi connectivity index (χ4n) is 2.61. The Morgan fingerprint density at radius 1 is 1.20 bits per heavy atom. The molecule has 0 radical (unpaired) electrons. The molecule has 0 saturated heterocycles. The molecule has 1 aliphatic rings. The van der Waals surface area contributed by atoms with Crippen LogP contribution in [0.4, 0.5) is 13.2 Å². The molecule has 0 aromatic heterocycles. The predicted molar refractivity (Wildman–Crippen MR) is 71.4 cm³/mol. The van der Waals surface area contributed by atoms with E-state index in [9.17, 15) is 13.2 Å². The molecule has 20 heavy (non-hydrogen) atoms.